The lowest BCUT2D eigenvalue weighted by Crippen LogP contribution is -2.37. The van der Waals surface area contributed by atoms with E-state index in [2.05, 4.69) is 10.6 Å². The van der Waals surface area contributed by atoms with E-state index in [1.807, 2.05) is 12.1 Å². The average Bonchev–Trinajstić information content (AvgIpc) is 2.66. The van der Waals surface area contributed by atoms with Gasteiger partial charge in [0.1, 0.15) is 17.4 Å². The van der Waals surface area contributed by atoms with Crippen LogP contribution in [0.15, 0.2) is 36.4 Å². The first-order valence-electron chi connectivity index (χ1n) is 7.84. The fraction of sp³-hybridized carbons (Fsp3) is 0.278. The van der Waals surface area contributed by atoms with Gasteiger partial charge in [0.2, 0.25) is 0 Å². The summed E-state index contributed by atoms with van der Waals surface area (Å²) in [6.07, 6.45) is 0. The third kappa shape index (κ3) is 5.61. The summed E-state index contributed by atoms with van der Waals surface area (Å²) in [5, 5.41) is 6.23. The van der Waals surface area contributed by atoms with Crippen molar-refractivity contribution in [3.63, 3.8) is 0 Å². The fourth-order valence-electron chi connectivity index (χ4n) is 2.16. The molecule has 0 aliphatic rings. The van der Waals surface area contributed by atoms with Gasteiger partial charge in [0.25, 0.3) is 0 Å². The Bertz CT molecular complexity index is 756. The molecule has 2 amide bonds. The van der Waals surface area contributed by atoms with E-state index in [1.54, 1.807) is 38.5 Å². The quantitative estimate of drug-likeness (QED) is 0.661. The number of amides is 2. The third-order valence-electron chi connectivity index (χ3n) is 3.46. The Morgan fingerprint density at radius 2 is 1.77 bits per heavy atom. The fourth-order valence-corrected chi connectivity index (χ4v) is 2.50. The molecular formula is C18H20Cl2N2O4. The number of hydrogen-bond donors (Lipinski definition) is 2. The van der Waals surface area contributed by atoms with Crippen molar-refractivity contribution in [2.75, 3.05) is 27.4 Å². The minimum atomic E-state index is -0.305. The van der Waals surface area contributed by atoms with Gasteiger partial charge in [-0.1, -0.05) is 35.3 Å². The Kier molecular flexibility index (Phi) is 7.69. The van der Waals surface area contributed by atoms with E-state index in [0.717, 1.165) is 5.56 Å². The molecule has 0 bridgehead atoms. The van der Waals surface area contributed by atoms with Crippen molar-refractivity contribution in [3.8, 4) is 17.2 Å². The van der Waals surface area contributed by atoms with Gasteiger partial charge in [0.15, 0.2) is 11.5 Å². The molecule has 2 rings (SSSR count). The van der Waals surface area contributed by atoms with Crippen LogP contribution in [-0.2, 0) is 6.54 Å². The average molecular weight is 399 g/mol. The zero-order chi connectivity index (χ0) is 18.9. The molecule has 0 spiro atoms. The summed E-state index contributed by atoms with van der Waals surface area (Å²) in [6.45, 7) is 0.942. The summed E-state index contributed by atoms with van der Waals surface area (Å²) in [4.78, 5) is 11.8. The van der Waals surface area contributed by atoms with Crippen LogP contribution in [0.25, 0.3) is 0 Å². The predicted octanol–water partition coefficient (Wildman–Crippen LogP) is 3.89. The summed E-state index contributed by atoms with van der Waals surface area (Å²) < 4.78 is 15.9. The van der Waals surface area contributed by atoms with Crippen LogP contribution < -0.4 is 24.8 Å². The van der Waals surface area contributed by atoms with Crippen LogP contribution in [0.1, 0.15) is 5.56 Å². The molecule has 0 fully saturated rings. The molecule has 0 unspecified atom stereocenters. The van der Waals surface area contributed by atoms with Gasteiger partial charge in [-0.05, 0) is 29.8 Å². The highest BCUT2D eigenvalue weighted by atomic mass is 35.5. The number of urea groups is 1. The monoisotopic (exact) mass is 398 g/mol. The van der Waals surface area contributed by atoms with Gasteiger partial charge in [0, 0.05) is 6.54 Å². The van der Waals surface area contributed by atoms with Gasteiger partial charge >= 0.3 is 6.03 Å². The van der Waals surface area contributed by atoms with Gasteiger partial charge in [-0.2, -0.15) is 0 Å². The van der Waals surface area contributed by atoms with Crippen molar-refractivity contribution >= 4 is 29.2 Å². The lowest BCUT2D eigenvalue weighted by atomic mass is 10.2. The number of carbonyl (C=O) groups is 1. The van der Waals surface area contributed by atoms with Crippen molar-refractivity contribution in [2.45, 2.75) is 6.54 Å². The molecule has 0 heterocycles. The number of rotatable bonds is 8. The maximum absolute atomic E-state index is 11.8. The first-order chi connectivity index (χ1) is 12.5. The Hall–Kier alpha value is -2.31. The van der Waals surface area contributed by atoms with Crippen molar-refractivity contribution in [2.24, 2.45) is 0 Å². The summed E-state index contributed by atoms with van der Waals surface area (Å²) in [5.41, 5.74) is 0.889. The molecule has 0 atom stereocenters. The summed E-state index contributed by atoms with van der Waals surface area (Å²) in [6, 6.07) is 10.3. The smallest absolute Gasteiger partial charge is 0.315 e. The van der Waals surface area contributed by atoms with Gasteiger partial charge in [-0.25, -0.2) is 4.79 Å². The molecule has 0 aromatic heterocycles. The Labute approximate surface area is 162 Å². The lowest BCUT2D eigenvalue weighted by Gasteiger charge is -2.12. The second-order valence-corrected chi connectivity index (χ2v) is 5.98. The molecule has 8 heteroatoms. The minimum Gasteiger partial charge on any atom is -0.493 e. The molecule has 0 radical (unpaired) electrons. The first-order valence-corrected chi connectivity index (χ1v) is 8.60. The third-order valence-corrected chi connectivity index (χ3v) is 4.26. The van der Waals surface area contributed by atoms with Crippen LogP contribution in [-0.4, -0.2) is 33.4 Å². The minimum absolute atomic E-state index is 0.268. The van der Waals surface area contributed by atoms with E-state index < -0.39 is 0 Å². The second-order valence-electron chi connectivity index (χ2n) is 5.20. The van der Waals surface area contributed by atoms with Crippen LogP contribution in [0, 0.1) is 0 Å². The van der Waals surface area contributed by atoms with E-state index in [9.17, 15) is 4.79 Å². The SMILES string of the molecule is COc1ccc(CNC(=O)NCCOc2cccc(Cl)c2Cl)cc1OC. The van der Waals surface area contributed by atoms with E-state index in [1.165, 1.54) is 0 Å². The van der Waals surface area contributed by atoms with Gasteiger partial charge < -0.3 is 24.8 Å². The largest absolute Gasteiger partial charge is 0.493 e. The lowest BCUT2D eigenvalue weighted by molar-refractivity contribution is 0.236. The molecule has 0 aliphatic carbocycles. The standard InChI is InChI=1S/C18H20Cl2N2O4/c1-24-14-7-6-12(10-16(14)25-2)11-22-18(23)21-8-9-26-15-5-3-4-13(19)17(15)20/h3-7,10H,8-9,11H2,1-2H3,(H2,21,22,23). The number of benzene rings is 2. The Balaban J connectivity index is 1.73. The van der Waals surface area contributed by atoms with Gasteiger partial charge in [-0.3, -0.25) is 0 Å². The molecule has 0 saturated carbocycles. The van der Waals surface area contributed by atoms with Crippen LogP contribution in [0.2, 0.25) is 10.0 Å². The maximum Gasteiger partial charge on any atom is 0.315 e. The molecule has 6 nitrogen and oxygen atoms in total. The molecule has 140 valence electrons. The van der Waals surface area contributed by atoms with E-state index in [0.29, 0.717) is 40.4 Å². The summed E-state index contributed by atoms with van der Waals surface area (Å²) >= 11 is 11.9. The van der Waals surface area contributed by atoms with Crippen LogP contribution in [0.4, 0.5) is 4.79 Å². The van der Waals surface area contributed by atoms with E-state index in [4.69, 9.17) is 37.4 Å². The van der Waals surface area contributed by atoms with Crippen molar-refractivity contribution in [3.05, 3.63) is 52.0 Å². The topological polar surface area (TPSA) is 68.8 Å². The van der Waals surface area contributed by atoms with E-state index in [-0.39, 0.29) is 12.6 Å². The number of nitrogens with one attached hydrogen (secondary N) is 2. The normalized spacial score (nSPS) is 10.2. The molecule has 2 aromatic rings. The second kappa shape index (κ2) is 9.99. The zero-order valence-electron chi connectivity index (χ0n) is 14.5. The van der Waals surface area contributed by atoms with E-state index >= 15 is 0 Å². The highest BCUT2D eigenvalue weighted by Gasteiger charge is 2.07. The van der Waals surface area contributed by atoms with Crippen LogP contribution in [0.3, 0.4) is 0 Å². The number of halogens is 2. The maximum atomic E-state index is 11.8. The van der Waals surface area contributed by atoms with Crippen molar-refractivity contribution < 1.29 is 19.0 Å². The molecule has 2 aromatic carbocycles. The number of hydrogen-bond acceptors (Lipinski definition) is 4. The van der Waals surface area contributed by atoms with Crippen LogP contribution >= 0.6 is 23.2 Å². The molecule has 26 heavy (non-hydrogen) atoms. The van der Waals surface area contributed by atoms with Gasteiger partial charge in [-0.15, -0.1) is 0 Å². The highest BCUT2D eigenvalue weighted by molar-refractivity contribution is 6.42. The zero-order valence-corrected chi connectivity index (χ0v) is 16.0. The van der Waals surface area contributed by atoms with Crippen molar-refractivity contribution in [1.29, 1.82) is 0 Å². The summed E-state index contributed by atoms with van der Waals surface area (Å²) in [5.74, 6) is 1.73. The summed E-state index contributed by atoms with van der Waals surface area (Å²) in [7, 11) is 3.13. The number of carbonyl (C=O) groups excluding carboxylic acids is 1. The molecule has 0 saturated heterocycles. The number of ether oxygens (including phenoxy) is 3. The highest BCUT2D eigenvalue weighted by Crippen LogP contribution is 2.31. The number of methoxy groups -OCH3 is 2. The molecule has 0 aliphatic heterocycles. The van der Waals surface area contributed by atoms with Crippen molar-refractivity contribution in [1.82, 2.24) is 10.6 Å². The first kappa shape index (κ1) is 20.0. The van der Waals surface area contributed by atoms with Gasteiger partial charge in [0.05, 0.1) is 25.8 Å². The Morgan fingerprint density at radius 1 is 1.00 bits per heavy atom. The van der Waals surface area contributed by atoms with Crippen LogP contribution in [0.5, 0.6) is 17.2 Å². The predicted molar refractivity (Wildman–Crippen MR) is 102 cm³/mol. The Morgan fingerprint density at radius 3 is 2.50 bits per heavy atom. The molecule has 2 N–H and O–H groups in total. The molecular weight excluding hydrogens is 379 g/mol.